The molecule has 0 aliphatic carbocycles. The molecule has 0 atom stereocenters. The lowest BCUT2D eigenvalue weighted by molar-refractivity contribution is -0.111. The van der Waals surface area contributed by atoms with Crippen molar-refractivity contribution in [1.29, 1.82) is 0 Å². The highest BCUT2D eigenvalue weighted by Gasteiger charge is 2.12. The molecular weight excluding hydrogens is 354 g/mol. The molecule has 3 aromatic rings. The van der Waals surface area contributed by atoms with Gasteiger partial charge < -0.3 is 14.8 Å². The van der Waals surface area contributed by atoms with Gasteiger partial charge in [0.15, 0.2) is 16.7 Å². The highest BCUT2D eigenvalue weighted by atomic mass is 35.5. The number of anilines is 1. The third-order valence-electron chi connectivity index (χ3n) is 3.93. The first-order valence-corrected chi connectivity index (χ1v) is 8.60. The minimum atomic E-state index is -0.276. The van der Waals surface area contributed by atoms with E-state index < -0.39 is 0 Å². The Balaban J connectivity index is 1.51. The maximum atomic E-state index is 12.2. The van der Waals surface area contributed by atoms with Crippen molar-refractivity contribution in [2.75, 3.05) is 18.5 Å². The van der Waals surface area contributed by atoms with Crippen LogP contribution in [0.25, 0.3) is 11.7 Å². The van der Waals surface area contributed by atoms with Crippen molar-refractivity contribution >= 4 is 34.9 Å². The highest BCUT2D eigenvalue weighted by Crippen LogP contribution is 2.32. The van der Waals surface area contributed by atoms with Gasteiger partial charge in [-0.15, -0.1) is 0 Å². The minimum Gasteiger partial charge on any atom is -0.490 e. The van der Waals surface area contributed by atoms with Gasteiger partial charge in [-0.2, -0.15) is 0 Å². The summed E-state index contributed by atoms with van der Waals surface area (Å²) in [6.07, 6.45) is 5.74. The van der Waals surface area contributed by atoms with Crippen LogP contribution in [0.1, 0.15) is 12.1 Å². The van der Waals surface area contributed by atoms with Gasteiger partial charge in [-0.05, 0) is 30.3 Å². The van der Waals surface area contributed by atoms with Crippen molar-refractivity contribution in [3.63, 3.8) is 0 Å². The Labute approximate surface area is 155 Å². The van der Waals surface area contributed by atoms with Crippen LogP contribution in [0.4, 0.5) is 5.69 Å². The average molecular weight is 370 g/mol. The maximum absolute atomic E-state index is 12.2. The third kappa shape index (κ3) is 3.36. The van der Waals surface area contributed by atoms with Gasteiger partial charge in [0.2, 0.25) is 5.91 Å². The van der Waals surface area contributed by atoms with Crippen molar-refractivity contribution in [3.8, 4) is 11.5 Å². The summed E-state index contributed by atoms with van der Waals surface area (Å²) in [4.78, 5) is 16.5. The molecule has 0 spiro atoms. The summed E-state index contributed by atoms with van der Waals surface area (Å²) in [6.45, 7) is 1.22. The van der Waals surface area contributed by atoms with Crippen molar-refractivity contribution in [3.05, 3.63) is 59.5 Å². The topological polar surface area (TPSA) is 64.9 Å². The van der Waals surface area contributed by atoms with E-state index in [-0.39, 0.29) is 5.91 Å². The van der Waals surface area contributed by atoms with Crippen molar-refractivity contribution in [1.82, 2.24) is 9.38 Å². The first-order valence-electron chi connectivity index (χ1n) is 8.22. The van der Waals surface area contributed by atoms with Crippen molar-refractivity contribution in [2.45, 2.75) is 6.42 Å². The minimum absolute atomic E-state index is 0.276. The van der Waals surface area contributed by atoms with Crippen molar-refractivity contribution < 1.29 is 14.3 Å². The van der Waals surface area contributed by atoms with Gasteiger partial charge in [-0.3, -0.25) is 9.20 Å². The summed E-state index contributed by atoms with van der Waals surface area (Å²) in [5.74, 6) is 1.05. The normalized spacial score (nSPS) is 13.7. The van der Waals surface area contributed by atoms with Gasteiger partial charge in [-0.1, -0.05) is 17.7 Å². The van der Waals surface area contributed by atoms with Crippen LogP contribution in [0, 0.1) is 0 Å². The second-order valence-corrected chi connectivity index (χ2v) is 6.11. The fourth-order valence-electron chi connectivity index (χ4n) is 2.71. The number of hydrogen-bond acceptors (Lipinski definition) is 4. The van der Waals surface area contributed by atoms with Crippen LogP contribution in [0.5, 0.6) is 11.5 Å². The molecule has 7 heteroatoms. The zero-order valence-electron chi connectivity index (χ0n) is 13.8. The van der Waals surface area contributed by atoms with E-state index in [4.69, 9.17) is 21.1 Å². The fraction of sp³-hybridized carbons (Fsp3) is 0.158. The van der Waals surface area contributed by atoms with Crippen LogP contribution in [-0.2, 0) is 4.79 Å². The van der Waals surface area contributed by atoms with E-state index in [9.17, 15) is 4.79 Å². The SMILES string of the molecule is O=C(C=Cc1c(Cl)nc2ccccn12)Nc1ccc2c(c1)OCCCO2. The van der Waals surface area contributed by atoms with E-state index in [0.29, 0.717) is 41.2 Å². The molecule has 2 aromatic heterocycles. The number of rotatable bonds is 3. The quantitative estimate of drug-likeness (QED) is 0.713. The predicted molar refractivity (Wildman–Crippen MR) is 99.9 cm³/mol. The summed E-state index contributed by atoms with van der Waals surface area (Å²) in [7, 11) is 0. The zero-order chi connectivity index (χ0) is 17.9. The van der Waals surface area contributed by atoms with E-state index >= 15 is 0 Å². The number of carbonyl (C=O) groups excluding carboxylic acids is 1. The molecule has 1 amide bonds. The number of carbonyl (C=O) groups is 1. The first-order chi connectivity index (χ1) is 12.7. The Hall–Kier alpha value is -2.99. The molecule has 0 fully saturated rings. The molecule has 0 unspecified atom stereocenters. The number of pyridine rings is 1. The number of nitrogens with zero attached hydrogens (tertiary/aromatic N) is 2. The van der Waals surface area contributed by atoms with Crippen LogP contribution in [0.15, 0.2) is 48.7 Å². The lowest BCUT2D eigenvalue weighted by atomic mass is 10.2. The molecule has 1 aliphatic heterocycles. The van der Waals surface area contributed by atoms with E-state index in [1.165, 1.54) is 6.08 Å². The number of hydrogen-bond donors (Lipinski definition) is 1. The molecule has 132 valence electrons. The van der Waals surface area contributed by atoms with Gasteiger partial charge >= 0.3 is 0 Å². The van der Waals surface area contributed by atoms with Gasteiger partial charge in [0, 0.05) is 30.4 Å². The molecule has 1 N–H and O–H groups in total. The molecule has 1 aromatic carbocycles. The molecule has 4 rings (SSSR count). The van der Waals surface area contributed by atoms with Crippen molar-refractivity contribution in [2.24, 2.45) is 0 Å². The molecule has 0 radical (unpaired) electrons. The highest BCUT2D eigenvalue weighted by molar-refractivity contribution is 6.31. The Bertz CT molecular complexity index is 997. The van der Waals surface area contributed by atoms with Crippen LogP contribution in [0.3, 0.4) is 0 Å². The van der Waals surface area contributed by atoms with Crippen LogP contribution >= 0.6 is 11.6 Å². The summed E-state index contributed by atoms with van der Waals surface area (Å²) in [5.41, 5.74) is 2.00. The smallest absolute Gasteiger partial charge is 0.248 e. The standard InChI is InChI=1S/C19H16ClN3O3/c20-19-14(23-9-2-1-4-17(23)22-19)6-8-18(24)21-13-5-7-15-16(12-13)26-11-3-10-25-15/h1-2,4-9,12H,3,10-11H2,(H,21,24). The molecule has 0 bridgehead atoms. The molecule has 6 nitrogen and oxygen atoms in total. The van der Waals surface area contributed by atoms with Crippen LogP contribution in [-0.4, -0.2) is 28.5 Å². The van der Waals surface area contributed by atoms with Gasteiger partial charge in [-0.25, -0.2) is 4.98 Å². The maximum Gasteiger partial charge on any atom is 0.248 e. The molecule has 0 saturated heterocycles. The number of halogens is 1. The Morgan fingerprint density at radius 2 is 2.04 bits per heavy atom. The first kappa shape index (κ1) is 16.5. The summed E-state index contributed by atoms with van der Waals surface area (Å²) in [5, 5.41) is 3.15. The molecule has 1 aliphatic rings. The summed E-state index contributed by atoms with van der Waals surface area (Å²) < 4.78 is 13.0. The van der Waals surface area contributed by atoms with E-state index in [2.05, 4.69) is 10.3 Å². The molecule has 26 heavy (non-hydrogen) atoms. The number of ether oxygens (including phenoxy) is 2. The number of amides is 1. The van der Waals surface area contributed by atoms with Gasteiger partial charge in [0.1, 0.15) is 5.65 Å². The number of nitrogens with one attached hydrogen (secondary N) is 1. The lowest BCUT2D eigenvalue weighted by Crippen LogP contribution is -2.08. The summed E-state index contributed by atoms with van der Waals surface area (Å²) in [6, 6.07) is 10.9. The number of aromatic nitrogens is 2. The molecular formula is C19H16ClN3O3. The van der Waals surface area contributed by atoms with Crippen LogP contribution in [0.2, 0.25) is 5.15 Å². The van der Waals surface area contributed by atoms with E-state index in [0.717, 1.165) is 12.1 Å². The lowest BCUT2D eigenvalue weighted by Gasteiger charge is -2.09. The zero-order valence-corrected chi connectivity index (χ0v) is 14.6. The second kappa shape index (κ2) is 7.09. The number of benzene rings is 1. The van der Waals surface area contributed by atoms with Gasteiger partial charge in [0.25, 0.3) is 0 Å². The van der Waals surface area contributed by atoms with Gasteiger partial charge in [0.05, 0.1) is 18.9 Å². The number of fused-ring (bicyclic) bond motifs is 2. The van der Waals surface area contributed by atoms with E-state index in [1.54, 1.807) is 24.3 Å². The fourth-order valence-corrected chi connectivity index (χ4v) is 2.96. The molecule has 3 heterocycles. The Morgan fingerprint density at radius 1 is 1.19 bits per heavy atom. The third-order valence-corrected chi connectivity index (χ3v) is 4.21. The average Bonchev–Trinajstić information content (AvgIpc) is 2.79. The van der Waals surface area contributed by atoms with E-state index in [1.807, 2.05) is 28.8 Å². The second-order valence-electron chi connectivity index (χ2n) is 5.75. The van der Waals surface area contributed by atoms with Crippen LogP contribution < -0.4 is 14.8 Å². The largest absolute Gasteiger partial charge is 0.490 e. The monoisotopic (exact) mass is 369 g/mol. The predicted octanol–water partition coefficient (Wildman–Crippen LogP) is 3.80. The molecule has 0 saturated carbocycles. The number of imidazole rings is 1. The summed E-state index contributed by atoms with van der Waals surface area (Å²) >= 11 is 6.16. The Morgan fingerprint density at radius 3 is 2.92 bits per heavy atom. The Kier molecular flexibility index (Phi) is 4.50.